The fourth-order valence-corrected chi connectivity index (χ4v) is 2.30. The number of aromatic nitrogens is 2. The Kier molecular flexibility index (Phi) is 3.52. The van der Waals surface area contributed by atoms with E-state index < -0.39 is 5.82 Å². The lowest BCUT2D eigenvalue weighted by atomic mass is 9.78. The molecule has 3 nitrogen and oxygen atoms in total. The molecule has 0 aliphatic carbocycles. The van der Waals surface area contributed by atoms with Gasteiger partial charge in [-0.1, -0.05) is 20.3 Å². The third-order valence-corrected chi connectivity index (χ3v) is 4.00. The highest BCUT2D eigenvalue weighted by Gasteiger charge is 2.29. The summed E-state index contributed by atoms with van der Waals surface area (Å²) in [4.78, 5) is 9.57. The Morgan fingerprint density at radius 3 is 2.71 bits per heavy atom. The summed E-state index contributed by atoms with van der Waals surface area (Å²) >= 11 is 5.70. The predicted molar refractivity (Wildman–Crippen MR) is 66.8 cm³/mol. The molecule has 1 aliphatic heterocycles. The Labute approximate surface area is 106 Å². The van der Waals surface area contributed by atoms with Crippen molar-refractivity contribution in [2.75, 3.05) is 18.0 Å². The molecule has 1 saturated heterocycles. The molecule has 94 valence electrons. The molecule has 0 aromatic carbocycles. The van der Waals surface area contributed by atoms with E-state index in [1.807, 2.05) is 4.90 Å². The molecule has 1 aromatic rings. The number of rotatable bonds is 2. The van der Waals surface area contributed by atoms with E-state index in [0.29, 0.717) is 11.2 Å². The molecule has 2 heterocycles. The summed E-state index contributed by atoms with van der Waals surface area (Å²) in [5.74, 6) is -0.0577. The van der Waals surface area contributed by atoms with E-state index >= 15 is 0 Å². The van der Waals surface area contributed by atoms with Crippen LogP contribution in [0, 0.1) is 11.2 Å². The van der Waals surface area contributed by atoms with Crippen LogP contribution >= 0.6 is 11.6 Å². The number of hydrogen-bond donors (Lipinski definition) is 0. The van der Waals surface area contributed by atoms with Gasteiger partial charge in [0.15, 0.2) is 11.6 Å². The number of hydrogen-bond acceptors (Lipinski definition) is 3. The van der Waals surface area contributed by atoms with Crippen molar-refractivity contribution < 1.29 is 4.39 Å². The Balaban J connectivity index is 2.13. The maximum atomic E-state index is 13.6. The van der Waals surface area contributed by atoms with Crippen LogP contribution in [-0.4, -0.2) is 23.1 Å². The normalized spacial score (nSPS) is 19.4. The molecule has 1 aromatic heterocycles. The molecule has 0 amide bonds. The van der Waals surface area contributed by atoms with Gasteiger partial charge in [0.2, 0.25) is 5.28 Å². The standard InChI is InChI=1S/C12H17ClFN3/c1-3-12(2)4-6-17(7-5-12)10-9(14)8-15-11(13)16-10/h8H,3-7H2,1-2H3. The first-order valence-corrected chi connectivity index (χ1v) is 6.35. The van der Waals surface area contributed by atoms with Crippen molar-refractivity contribution in [1.82, 2.24) is 9.97 Å². The van der Waals surface area contributed by atoms with Gasteiger partial charge in [0.25, 0.3) is 0 Å². The van der Waals surface area contributed by atoms with Crippen LogP contribution in [0.25, 0.3) is 0 Å². The van der Waals surface area contributed by atoms with Crippen molar-refractivity contribution >= 4 is 17.4 Å². The van der Waals surface area contributed by atoms with Crippen LogP contribution in [-0.2, 0) is 0 Å². The zero-order valence-electron chi connectivity index (χ0n) is 10.2. The van der Waals surface area contributed by atoms with Crippen molar-refractivity contribution in [3.63, 3.8) is 0 Å². The van der Waals surface area contributed by atoms with Crippen molar-refractivity contribution in [3.05, 3.63) is 17.3 Å². The number of anilines is 1. The minimum absolute atomic E-state index is 0.102. The summed E-state index contributed by atoms with van der Waals surface area (Å²) in [5.41, 5.74) is 0.379. The van der Waals surface area contributed by atoms with E-state index in [2.05, 4.69) is 23.8 Å². The van der Waals surface area contributed by atoms with Crippen LogP contribution in [0.15, 0.2) is 6.20 Å². The van der Waals surface area contributed by atoms with E-state index in [4.69, 9.17) is 11.6 Å². The SMILES string of the molecule is CCC1(C)CCN(c2nc(Cl)ncc2F)CC1. The Bertz CT molecular complexity index is 403. The highest BCUT2D eigenvalue weighted by Crippen LogP contribution is 2.35. The molecule has 17 heavy (non-hydrogen) atoms. The maximum absolute atomic E-state index is 13.6. The average molecular weight is 258 g/mol. The quantitative estimate of drug-likeness (QED) is 0.762. The second-order valence-electron chi connectivity index (χ2n) is 4.96. The van der Waals surface area contributed by atoms with Gasteiger partial charge < -0.3 is 4.90 Å². The lowest BCUT2D eigenvalue weighted by Crippen LogP contribution is -2.39. The van der Waals surface area contributed by atoms with Gasteiger partial charge in [0, 0.05) is 13.1 Å². The second kappa shape index (κ2) is 4.77. The molecule has 0 saturated carbocycles. The predicted octanol–water partition coefficient (Wildman–Crippen LogP) is 3.29. The summed E-state index contributed by atoms with van der Waals surface area (Å²) < 4.78 is 13.6. The molecule has 0 N–H and O–H groups in total. The van der Waals surface area contributed by atoms with E-state index in [1.165, 1.54) is 0 Å². The van der Waals surface area contributed by atoms with Gasteiger partial charge in [-0.3, -0.25) is 0 Å². The van der Waals surface area contributed by atoms with Crippen molar-refractivity contribution in [1.29, 1.82) is 0 Å². The smallest absolute Gasteiger partial charge is 0.224 e. The highest BCUT2D eigenvalue weighted by molar-refractivity contribution is 6.28. The van der Waals surface area contributed by atoms with Gasteiger partial charge in [-0.25, -0.2) is 9.37 Å². The first-order chi connectivity index (χ1) is 8.04. The van der Waals surface area contributed by atoms with Gasteiger partial charge >= 0.3 is 0 Å². The molecule has 5 heteroatoms. The third kappa shape index (κ3) is 2.68. The summed E-state index contributed by atoms with van der Waals surface area (Å²) in [7, 11) is 0. The first kappa shape index (κ1) is 12.6. The number of nitrogens with zero attached hydrogens (tertiary/aromatic N) is 3. The minimum Gasteiger partial charge on any atom is -0.354 e. The summed E-state index contributed by atoms with van der Waals surface area (Å²) in [5, 5.41) is 0.102. The largest absolute Gasteiger partial charge is 0.354 e. The minimum atomic E-state index is -0.394. The van der Waals surface area contributed by atoms with Crippen LogP contribution in [0.3, 0.4) is 0 Å². The maximum Gasteiger partial charge on any atom is 0.224 e. The Hall–Kier alpha value is -0.900. The molecular formula is C12H17ClFN3. The van der Waals surface area contributed by atoms with Gasteiger partial charge in [0.05, 0.1) is 6.20 Å². The summed E-state index contributed by atoms with van der Waals surface area (Å²) in [6.07, 6.45) is 4.42. The average Bonchev–Trinajstić information content (AvgIpc) is 2.34. The molecule has 1 aliphatic rings. The monoisotopic (exact) mass is 257 g/mol. The lowest BCUT2D eigenvalue weighted by molar-refractivity contribution is 0.237. The van der Waals surface area contributed by atoms with Gasteiger partial charge in [0.1, 0.15) is 0 Å². The van der Waals surface area contributed by atoms with E-state index in [1.54, 1.807) is 0 Å². The number of halogens is 2. The fourth-order valence-electron chi connectivity index (χ4n) is 2.17. The zero-order chi connectivity index (χ0) is 12.5. The molecule has 0 unspecified atom stereocenters. The highest BCUT2D eigenvalue weighted by atomic mass is 35.5. The number of piperidine rings is 1. The Morgan fingerprint density at radius 1 is 1.47 bits per heavy atom. The van der Waals surface area contributed by atoms with Gasteiger partial charge in [-0.15, -0.1) is 0 Å². The van der Waals surface area contributed by atoms with E-state index in [-0.39, 0.29) is 5.28 Å². The third-order valence-electron chi connectivity index (χ3n) is 3.82. The lowest BCUT2D eigenvalue weighted by Gasteiger charge is -2.39. The zero-order valence-corrected chi connectivity index (χ0v) is 11.0. The van der Waals surface area contributed by atoms with E-state index in [0.717, 1.165) is 38.5 Å². The van der Waals surface area contributed by atoms with Crippen LogP contribution < -0.4 is 4.90 Å². The molecule has 1 fully saturated rings. The molecule has 0 spiro atoms. The van der Waals surface area contributed by atoms with Crippen LogP contribution in [0.4, 0.5) is 10.2 Å². The topological polar surface area (TPSA) is 29.0 Å². The molecule has 0 atom stereocenters. The summed E-state index contributed by atoms with van der Waals surface area (Å²) in [6, 6.07) is 0. The van der Waals surface area contributed by atoms with Crippen LogP contribution in [0.2, 0.25) is 5.28 Å². The Morgan fingerprint density at radius 2 is 2.12 bits per heavy atom. The molecule has 0 bridgehead atoms. The van der Waals surface area contributed by atoms with E-state index in [9.17, 15) is 4.39 Å². The molecule has 0 radical (unpaired) electrons. The van der Waals surface area contributed by atoms with Crippen molar-refractivity contribution in [2.45, 2.75) is 33.1 Å². The van der Waals surface area contributed by atoms with Crippen molar-refractivity contribution in [2.24, 2.45) is 5.41 Å². The summed E-state index contributed by atoms with van der Waals surface area (Å²) in [6.45, 7) is 6.15. The first-order valence-electron chi connectivity index (χ1n) is 5.97. The van der Waals surface area contributed by atoms with Crippen molar-refractivity contribution in [3.8, 4) is 0 Å². The van der Waals surface area contributed by atoms with Crippen LogP contribution in [0.1, 0.15) is 33.1 Å². The second-order valence-corrected chi connectivity index (χ2v) is 5.30. The van der Waals surface area contributed by atoms with Crippen LogP contribution in [0.5, 0.6) is 0 Å². The van der Waals surface area contributed by atoms with Gasteiger partial charge in [-0.2, -0.15) is 4.98 Å². The molecular weight excluding hydrogens is 241 g/mol. The molecule has 2 rings (SSSR count). The van der Waals surface area contributed by atoms with Gasteiger partial charge in [-0.05, 0) is 29.9 Å². The fraction of sp³-hybridized carbons (Fsp3) is 0.667.